The third-order valence-electron chi connectivity index (χ3n) is 3.47. The number of aliphatic hydroxyl groups is 5. The maximum atomic E-state index is 12.4. The van der Waals surface area contributed by atoms with E-state index in [4.69, 9.17) is 9.84 Å². The Hall–Kier alpha value is -0.870. The summed E-state index contributed by atoms with van der Waals surface area (Å²) in [5.74, 6) is -1.04. The number of ether oxygens (including phenoxy) is 1. The van der Waals surface area contributed by atoms with Crippen LogP contribution >= 0.6 is 15.9 Å². The summed E-state index contributed by atoms with van der Waals surface area (Å²) in [6, 6.07) is 7.46. The van der Waals surface area contributed by atoms with Crippen molar-refractivity contribution >= 4 is 21.7 Å². The predicted molar refractivity (Wildman–Crippen MR) is 73.6 cm³/mol. The Morgan fingerprint density at radius 1 is 1.24 bits per heavy atom. The molecule has 1 saturated heterocycles. The van der Waals surface area contributed by atoms with E-state index in [1.807, 2.05) is 0 Å². The second kappa shape index (κ2) is 5.73. The zero-order valence-electron chi connectivity index (χ0n) is 10.8. The summed E-state index contributed by atoms with van der Waals surface area (Å²) in [5.41, 5.74) is -2.84. The molecule has 1 unspecified atom stereocenters. The summed E-state index contributed by atoms with van der Waals surface area (Å²) in [7, 11) is 0. The Labute approximate surface area is 128 Å². The molecular formula is C13H15BrO7. The molecule has 8 heteroatoms. The van der Waals surface area contributed by atoms with Gasteiger partial charge in [-0.1, -0.05) is 30.3 Å². The average molecular weight is 363 g/mol. The molecule has 1 aliphatic heterocycles. The van der Waals surface area contributed by atoms with Crippen molar-refractivity contribution in [2.45, 2.75) is 28.6 Å². The third-order valence-corrected chi connectivity index (χ3v) is 4.26. The largest absolute Gasteiger partial charge is 0.394 e. The van der Waals surface area contributed by atoms with E-state index in [1.165, 1.54) is 24.3 Å². The number of hydrogen-bond donors (Lipinski definition) is 5. The Morgan fingerprint density at radius 2 is 1.81 bits per heavy atom. The van der Waals surface area contributed by atoms with Gasteiger partial charge < -0.3 is 30.3 Å². The van der Waals surface area contributed by atoms with Crippen LogP contribution in [0, 0.1) is 0 Å². The highest BCUT2D eigenvalue weighted by molar-refractivity contribution is 9.10. The lowest BCUT2D eigenvalue weighted by Crippen LogP contribution is -2.73. The first kappa shape index (κ1) is 16.5. The van der Waals surface area contributed by atoms with E-state index in [0.717, 1.165) is 0 Å². The smallest absolute Gasteiger partial charge is 0.264 e. The minimum absolute atomic E-state index is 0.00942. The van der Waals surface area contributed by atoms with Gasteiger partial charge in [-0.2, -0.15) is 0 Å². The first-order chi connectivity index (χ1) is 9.75. The van der Waals surface area contributed by atoms with Gasteiger partial charge in [0.25, 0.3) is 4.70 Å². The van der Waals surface area contributed by atoms with Crippen LogP contribution in [0.5, 0.6) is 0 Å². The number of carbonyl (C=O) groups is 1. The van der Waals surface area contributed by atoms with Gasteiger partial charge in [-0.3, -0.25) is 4.79 Å². The van der Waals surface area contributed by atoms with Crippen LogP contribution in [0.1, 0.15) is 10.4 Å². The highest BCUT2D eigenvalue weighted by Gasteiger charge is 2.66. The average Bonchev–Trinajstić information content (AvgIpc) is 2.49. The summed E-state index contributed by atoms with van der Waals surface area (Å²) in [5, 5.41) is 49.6. The number of benzene rings is 1. The summed E-state index contributed by atoms with van der Waals surface area (Å²) in [6.45, 7) is -0.720. The lowest BCUT2D eigenvalue weighted by molar-refractivity contribution is -0.325. The molecule has 0 aliphatic carbocycles. The van der Waals surface area contributed by atoms with Crippen LogP contribution in [0.4, 0.5) is 0 Å². The van der Waals surface area contributed by atoms with E-state index in [-0.39, 0.29) is 5.56 Å². The van der Waals surface area contributed by atoms with Crippen molar-refractivity contribution in [3.63, 3.8) is 0 Å². The van der Waals surface area contributed by atoms with E-state index in [0.29, 0.717) is 0 Å². The minimum atomic E-state index is -2.85. The zero-order chi connectivity index (χ0) is 15.8. The molecule has 0 aromatic heterocycles. The summed E-state index contributed by atoms with van der Waals surface area (Å²) in [4.78, 5) is 12.4. The highest BCUT2D eigenvalue weighted by Crippen LogP contribution is 2.42. The standard InChI is InChI=1S/C13H15BrO7/c14-13(20)12(19,10(17)7-4-2-1-3-5-7)11(18)9(16)8(6-15)21-13/h1-5,8-9,11,15-16,18-20H,6H2/t8-,9-,11+,12+,13?/m1/s1. The maximum absolute atomic E-state index is 12.4. The van der Waals surface area contributed by atoms with Crippen LogP contribution in [0.3, 0.4) is 0 Å². The Kier molecular flexibility index (Phi) is 4.50. The van der Waals surface area contributed by atoms with Gasteiger partial charge in [0.1, 0.15) is 18.3 Å². The normalized spacial score (nSPS) is 40.0. The number of ketones is 1. The monoisotopic (exact) mass is 362 g/mol. The summed E-state index contributed by atoms with van der Waals surface area (Å²) in [6.07, 6.45) is -5.20. The van der Waals surface area contributed by atoms with E-state index in [1.54, 1.807) is 6.07 Å². The van der Waals surface area contributed by atoms with Gasteiger partial charge in [-0.25, -0.2) is 0 Å². The molecule has 1 heterocycles. The first-order valence-corrected chi connectivity index (χ1v) is 6.93. The Morgan fingerprint density at radius 3 is 2.33 bits per heavy atom. The van der Waals surface area contributed by atoms with Gasteiger partial charge in [0, 0.05) is 5.56 Å². The molecule has 0 bridgehead atoms. The van der Waals surface area contributed by atoms with Crippen molar-refractivity contribution < 1.29 is 35.1 Å². The Balaban J connectivity index is 2.45. The summed E-state index contributed by atoms with van der Waals surface area (Å²) >= 11 is 2.64. The first-order valence-electron chi connectivity index (χ1n) is 6.14. The van der Waals surface area contributed by atoms with Crippen LogP contribution in [0.2, 0.25) is 0 Å². The molecule has 0 saturated carbocycles. The van der Waals surface area contributed by atoms with Crippen molar-refractivity contribution in [3.8, 4) is 0 Å². The molecule has 116 valence electrons. The fourth-order valence-corrected chi connectivity index (χ4v) is 2.88. The number of rotatable bonds is 3. The second-order valence-electron chi connectivity index (χ2n) is 4.80. The molecular weight excluding hydrogens is 348 g/mol. The van der Waals surface area contributed by atoms with Crippen LogP contribution in [-0.4, -0.2) is 66.5 Å². The third kappa shape index (κ3) is 2.53. The highest BCUT2D eigenvalue weighted by atomic mass is 79.9. The van der Waals surface area contributed by atoms with Gasteiger partial charge >= 0.3 is 0 Å². The van der Waals surface area contributed by atoms with Gasteiger partial charge in [-0.05, 0) is 15.9 Å². The van der Waals surface area contributed by atoms with Crippen molar-refractivity contribution in [2.24, 2.45) is 0 Å². The van der Waals surface area contributed by atoms with Crippen molar-refractivity contribution in [1.29, 1.82) is 0 Å². The molecule has 5 N–H and O–H groups in total. The lowest BCUT2D eigenvalue weighted by atomic mass is 9.80. The van der Waals surface area contributed by atoms with Crippen molar-refractivity contribution in [2.75, 3.05) is 6.61 Å². The number of hydrogen-bond acceptors (Lipinski definition) is 7. The number of alkyl halides is 1. The number of halogens is 1. The minimum Gasteiger partial charge on any atom is -0.394 e. The summed E-state index contributed by atoms with van der Waals surface area (Å²) < 4.78 is 2.24. The number of carbonyl (C=O) groups excluding carboxylic acids is 1. The zero-order valence-corrected chi connectivity index (χ0v) is 12.3. The molecule has 2 rings (SSSR count). The molecule has 1 aromatic rings. The molecule has 0 spiro atoms. The Bertz CT molecular complexity index is 521. The topological polar surface area (TPSA) is 127 Å². The molecule has 1 fully saturated rings. The van der Waals surface area contributed by atoms with E-state index >= 15 is 0 Å². The van der Waals surface area contributed by atoms with Gasteiger partial charge in [0.2, 0.25) is 11.4 Å². The van der Waals surface area contributed by atoms with Crippen LogP contribution in [0.15, 0.2) is 30.3 Å². The predicted octanol–water partition coefficient (Wildman–Crippen LogP) is -1.25. The van der Waals surface area contributed by atoms with E-state index < -0.39 is 41.0 Å². The SMILES string of the molecule is O=C(c1ccccc1)[C@]1(O)[C@@H](O)[C@H](O)[C@@H](CO)OC1(O)Br. The molecule has 1 aliphatic rings. The van der Waals surface area contributed by atoms with Crippen molar-refractivity contribution in [3.05, 3.63) is 35.9 Å². The van der Waals surface area contributed by atoms with Gasteiger partial charge in [0.05, 0.1) is 6.61 Å². The fourth-order valence-electron chi connectivity index (χ4n) is 2.22. The van der Waals surface area contributed by atoms with Crippen LogP contribution in [0.25, 0.3) is 0 Å². The maximum Gasteiger partial charge on any atom is 0.264 e. The van der Waals surface area contributed by atoms with Crippen molar-refractivity contribution in [1.82, 2.24) is 0 Å². The van der Waals surface area contributed by atoms with E-state index in [2.05, 4.69) is 15.9 Å². The number of Topliss-reactive ketones (excluding diaryl/α,β-unsaturated/α-hetero) is 1. The number of aliphatic hydroxyl groups excluding tert-OH is 3. The van der Waals surface area contributed by atoms with E-state index in [9.17, 15) is 25.2 Å². The molecule has 0 radical (unpaired) electrons. The molecule has 5 atom stereocenters. The molecule has 1 aromatic carbocycles. The van der Waals surface area contributed by atoms with Crippen LogP contribution < -0.4 is 0 Å². The van der Waals surface area contributed by atoms with Crippen LogP contribution in [-0.2, 0) is 4.74 Å². The molecule has 7 nitrogen and oxygen atoms in total. The molecule has 0 amide bonds. The fraction of sp³-hybridized carbons (Fsp3) is 0.462. The van der Waals surface area contributed by atoms with Gasteiger partial charge in [0.15, 0.2) is 0 Å². The quantitative estimate of drug-likeness (QED) is 0.336. The molecule has 21 heavy (non-hydrogen) atoms. The second-order valence-corrected chi connectivity index (χ2v) is 5.87. The lowest BCUT2D eigenvalue weighted by Gasteiger charge is -2.49. The van der Waals surface area contributed by atoms with Gasteiger partial charge in [-0.15, -0.1) is 0 Å².